The quantitative estimate of drug-likeness (QED) is 0.684. The number of phenolic OH excluding ortho intramolecular Hbond substituents is 1. The number of nitrogens with one attached hydrogen (secondary N) is 1. The standard InChI is InChI=1S/C12H16N2O3/c1-2-17-12-7-9(3-4-11(12)16)10(8-13)14-5-6-15/h3-4,7,10,14-16H,2,5-6H2,1H3. The van der Waals surface area contributed by atoms with Gasteiger partial charge in [-0.1, -0.05) is 6.07 Å². The van der Waals surface area contributed by atoms with Crippen molar-refractivity contribution in [2.45, 2.75) is 13.0 Å². The monoisotopic (exact) mass is 236 g/mol. The SMILES string of the molecule is CCOc1cc(C(C#N)NCCO)ccc1O. The highest BCUT2D eigenvalue weighted by Gasteiger charge is 2.12. The summed E-state index contributed by atoms with van der Waals surface area (Å²) in [5.74, 6) is 0.408. The zero-order valence-corrected chi connectivity index (χ0v) is 9.68. The van der Waals surface area contributed by atoms with Crippen LogP contribution in [0.3, 0.4) is 0 Å². The number of hydrogen-bond acceptors (Lipinski definition) is 5. The van der Waals surface area contributed by atoms with Crippen LogP contribution in [0.4, 0.5) is 0 Å². The number of aliphatic hydroxyl groups is 1. The van der Waals surface area contributed by atoms with Crippen molar-refractivity contribution >= 4 is 0 Å². The first kappa shape index (κ1) is 13.3. The van der Waals surface area contributed by atoms with Crippen LogP contribution in [0.5, 0.6) is 11.5 Å². The van der Waals surface area contributed by atoms with E-state index in [1.165, 1.54) is 6.07 Å². The molecule has 1 aromatic rings. The van der Waals surface area contributed by atoms with Crippen molar-refractivity contribution in [3.05, 3.63) is 23.8 Å². The van der Waals surface area contributed by atoms with Gasteiger partial charge in [-0.05, 0) is 24.6 Å². The molecule has 0 fully saturated rings. The van der Waals surface area contributed by atoms with E-state index in [-0.39, 0.29) is 12.4 Å². The Morgan fingerprint density at radius 2 is 2.29 bits per heavy atom. The van der Waals surface area contributed by atoms with Crippen LogP contribution >= 0.6 is 0 Å². The molecule has 3 N–H and O–H groups in total. The fourth-order valence-corrected chi connectivity index (χ4v) is 1.43. The molecule has 1 rings (SSSR count). The zero-order valence-electron chi connectivity index (χ0n) is 9.68. The maximum absolute atomic E-state index is 9.53. The maximum atomic E-state index is 9.53. The van der Waals surface area contributed by atoms with Gasteiger partial charge in [-0.25, -0.2) is 0 Å². The summed E-state index contributed by atoms with van der Waals surface area (Å²) in [5.41, 5.74) is 0.696. The second-order valence-electron chi connectivity index (χ2n) is 3.40. The number of hydrogen-bond donors (Lipinski definition) is 3. The number of aromatic hydroxyl groups is 1. The molecular formula is C12H16N2O3. The molecule has 0 radical (unpaired) electrons. The number of phenols is 1. The van der Waals surface area contributed by atoms with Crippen molar-refractivity contribution < 1.29 is 14.9 Å². The van der Waals surface area contributed by atoms with Crippen LogP contribution in [0.2, 0.25) is 0 Å². The predicted molar refractivity (Wildman–Crippen MR) is 62.7 cm³/mol. The van der Waals surface area contributed by atoms with E-state index >= 15 is 0 Å². The molecule has 1 unspecified atom stereocenters. The molecule has 0 saturated carbocycles. The van der Waals surface area contributed by atoms with E-state index in [1.807, 2.05) is 6.92 Å². The van der Waals surface area contributed by atoms with Crippen LogP contribution in [0.1, 0.15) is 18.5 Å². The maximum Gasteiger partial charge on any atom is 0.161 e. The molecule has 0 saturated heterocycles. The Morgan fingerprint density at radius 3 is 2.88 bits per heavy atom. The first-order chi connectivity index (χ1) is 8.22. The van der Waals surface area contributed by atoms with Crippen LogP contribution in [0.15, 0.2) is 18.2 Å². The molecule has 0 aromatic heterocycles. The minimum Gasteiger partial charge on any atom is -0.504 e. The van der Waals surface area contributed by atoms with Crippen LogP contribution in [0.25, 0.3) is 0 Å². The Morgan fingerprint density at radius 1 is 1.53 bits per heavy atom. The minimum atomic E-state index is -0.526. The number of benzene rings is 1. The third-order valence-corrected chi connectivity index (χ3v) is 2.21. The third kappa shape index (κ3) is 3.63. The summed E-state index contributed by atoms with van der Waals surface area (Å²) in [6, 6.07) is 6.32. The van der Waals surface area contributed by atoms with Gasteiger partial charge in [-0.3, -0.25) is 5.32 Å². The van der Waals surface area contributed by atoms with E-state index in [0.717, 1.165) is 0 Å². The van der Waals surface area contributed by atoms with Crippen molar-refractivity contribution in [3.8, 4) is 17.6 Å². The topological polar surface area (TPSA) is 85.5 Å². The van der Waals surface area contributed by atoms with Gasteiger partial charge in [0.1, 0.15) is 6.04 Å². The number of nitriles is 1. The van der Waals surface area contributed by atoms with Gasteiger partial charge in [-0.15, -0.1) is 0 Å². The van der Waals surface area contributed by atoms with Crippen LogP contribution in [-0.2, 0) is 0 Å². The summed E-state index contributed by atoms with van der Waals surface area (Å²) in [7, 11) is 0. The van der Waals surface area contributed by atoms with Crippen molar-refractivity contribution in [1.29, 1.82) is 5.26 Å². The van der Waals surface area contributed by atoms with E-state index in [2.05, 4.69) is 11.4 Å². The Hall–Kier alpha value is -1.77. The van der Waals surface area contributed by atoms with E-state index in [4.69, 9.17) is 15.1 Å². The molecule has 5 nitrogen and oxygen atoms in total. The normalized spacial score (nSPS) is 11.8. The molecule has 0 spiro atoms. The molecule has 0 aliphatic carbocycles. The Balaban J connectivity index is 2.89. The first-order valence-electron chi connectivity index (χ1n) is 5.42. The largest absolute Gasteiger partial charge is 0.504 e. The van der Waals surface area contributed by atoms with Gasteiger partial charge in [0, 0.05) is 6.54 Å². The molecule has 0 aliphatic heterocycles. The highest BCUT2D eigenvalue weighted by atomic mass is 16.5. The lowest BCUT2D eigenvalue weighted by Crippen LogP contribution is -2.23. The third-order valence-electron chi connectivity index (χ3n) is 2.21. The number of ether oxygens (including phenoxy) is 1. The Kier molecular flexibility index (Phi) is 5.27. The average molecular weight is 236 g/mol. The van der Waals surface area contributed by atoms with Crippen molar-refractivity contribution in [2.24, 2.45) is 0 Å². The first-order valence-corrected chi connectivity index (χ1v) is 5.42. The molecule has 0 amide bonds. The molecular weight excluding hydrogens is 220 g/mol. The van der Waals surface area contributed by atoms with Crippen LogP contribution < -0.4 is 10.1 Å². The molecule has 17 heavy (non-hydrogen) atoms. The predicted octanol–water partition coefficient (Wildman–Crippen LogP) is 0.937. The van der Waals surface area contributed by atoms with Gasteiger partial charge in [0.2, 0.25) is 0 Å². The van der Waals surface area contributed by atoms with Crippen molar-refractivity contribution in [1.82, 2.24) is 5.32 Å². The molecule has 0 aliphatic rings. The molecule has 92 valence electrons. The van der Waals surface area contributed by atoms with Gasteiger partial charge >= 0.3 is 0 Å². The molecule has 1 atom stereocenters. The van der Waals surface area contributed by atoms with E-state index in [1.54, 1.807) is 12.1 Å². The molecule has 0 bridgehead atoms. The van der Waals surface area contributed by atoms with Crippen molar-refractivity contribution in [2.75, 3.05) is 19.8 Å². The van der Waals surface area contributed by atoms with E-state index in [0.29, 0.717) is 24.5 Å². The van der Waals surface area contributed by atoms with Gasteiger partial charge in [0.25, 0.3) is 0 Å². The number of aliphatic hydroxyl groups excluding tert-OH is 1. The molecule has 1 aromatic carbocycles. The zero-order chi connectivity index (χ0) is 12.7. The lowest BCUT2D eigenvalue weighted by Gasteiger charge is -2.13. The van der Waals surface area contributed by atoms with Gasteiger partial charge in [0.15, 0.2) is 11.5 Å². The number of rotatable bonds is 6. The number of nitrogens with zero attached hydrogens (tertiary/aromatic N) is 1. The van der Waals surface area contributed by atoms with Gasteiger partial charge in [-0.2, -0.15) is 5.26 Å². The minimum absolute atomic E-state index is 0.0332. The van der Waals surface area contributed by atoms with Gasteiger partial charge in [0.05, 0.1) is 19.3 Å². The summed E-state index contributed by atoms with van der Waals surface area (Å²) in [5, 5.41) is 30.1. The van der Waals surface area contributed by atoms with Gasteiger partial charge < -0.3 is 14.9 Å². The Labute approximate surface area is 100 Å². The smallest absolute Gasteiger partial charge is 0.161 e. The van der Waals surface area contributed by atoms with Crippen molar-refractivity contribution in [3.63, 3.8) is 0 Å². The fourth-order valence-electron chi connectivity index (χ4n) is 1.43. The summed E-state index contributed by atoms with van der Waals surface area (Å²) in [4.78, 5) is 0. The summed E-state index contributed by atoms with van der Waals surface area (Å²) in [6.45, 7) is 2.56. The Bertz CT molecular complexity index is 401. The average Bonchev–Trinajstić information content (AvgIpc) is 2.34. The van der Waals surface area contributed by atoms with E-state index < -0.39 is 6.04 Å². The van der Waals surface area contributed by atoms with Crippen LogP contribution in [0, 0.1) is 11.3 Å². The highest BCUT2D eigenvalue weighted by Crippen LogP contribution is 2.29. The lowest BCUT2D eigenvalue weighted by molar-refractivity contribution is 0.289. The molecule has 0 heterocycles. The second-order valence-corrected chi connectivity index (χ2v) is 3.40. The fraction of sp³-hybridized carbons (Fsp3) is 0.417. The summed E-state index contributed by atoms with van der Waals surface area (Å²) >= 11 is 0. The van der Waals surface area contributed by atoms with Crippen LogP contribution in [-0.4, -0.2) is 30.0 Å². The summed E-state index contributed by atoms with van der Waals surface area (Å²) in [6.07, 6.45) is 0. The van der Waals surface area contributed by atoms with E-state index in [9.17, 15) is 5.11 Å². The second kappa shape index (κ2) is 6.74. The molecule has 5 heteroatoms. The highest BCUT2D eigenvalue weighted by molar-refractivity contribution is 5.43. The lowest BCUT2D eigenvalue weighted by atomic mass is 10.1. The summed E-state index contributed by atoms with van der Waals surface area (Å²) < 4.78 is 5.24.